The number of hydrogen-bond donors (Lipinski definition) is 2. The zero-order valence-corrected chi connectivity index (χ0v) is 11.8. The summed E-state index contributed by atoms with van der Waals surface area (Å²) >= 11 is 0. The number of piperazine rings is 1. The lowest BCUT2D eigenvalue weighted by Gasteiger charge is -2.32. The van der Waals surface area contributed by atoms with Gasteiger partial charge >= 0.3 is 6.09 Å². The highest BCUT2D eigenvalue weighted by atomic mass is 16.4. The number of nitrogens with zero attached hydrogens (tertiary/aromatic N) is 2. The Labute approximate surface area is 106 Å². The molecule has 0 radical (unpaired) electrons. The molecule has 1 heterocycles. The van der Waals surface area contributed by atoms with Gasteiger partial charge in [-0.15, -0.1) is 0 Å². The predicted molar refractivity (Wildman–Crippen MR) is 72.4 cm³/mol. The van der Waals surface area contributed by atoms with Gasteiger partial charge in [-0.3, -0.25) is 4.90 Å². The average molecular weight is 247 g/mol. The molecule has 0 aromatic rings. The molecule has 1 rings (SSSR count). The molecule has 0 unspecified atom stereocenters. The second-order valence-electron chi connectivity index (χ2n) is 3.61. The third kappa shape index (κ3) is 10.1. The molecule has 17 heavy (non-hydrogen) atoms. The van der Waals surface area contributed by atoms with Crippen LogP contribution in [-0.4, -0.2) is 60.3 Å². The maximum absolute atomic E-state index is 10.5. The summed E-state index contributed by atoms with van der Waals surface area (Å²) in [7, 11) is 0. The van der Waals surface area contributed by atoms with Gasteiger partial charge in [-0.2, -0.15) is 0 Å². The molecule has 0 saturated carbocycles. The van der Waals surface area contributed by atoms with Crippen LogP contribution in [0.4, 0.5) is 4.79 Å². The van der Waals surface area contributed by atoms with E-state index in [0.29, 0.717) is 19.6 Å². The Balaban J connectivity index is 0. The van der Waals surface area contributed by atoms with Crippen LogP contribution in [0.2, 0.25) is 0 Å². The first-order chi connectivity index (χ1) is 8.15. The first kappa shape index (κ1) is 18.6. The lowest BCUT2D eigenvalue weighted by Crippen LogP contribution is -2.49. The Morgan fingerprint density at radius 3 is 1.88 bits per heavy atom. The van der Waals surface area contributed by atoms with Gasteiger partial charge in [0.2, 0.25) is 0 Å². The molecule has 1 amide bonds. The first-order valence-electron chi connectivity index (χ1n) is 6.55. The molecule has 0 aromatic heterocycles. The normalized spacial score (nSPS) is 15.2. The minimum atomic E-state index is -0.817. The average Bonchev–Trinajstić information content (AvgIpc) is 2.34. The Bertz CT molecular complexity index is 169. The van der Waals surface area contributed by atoms with Crippen LogP contribution in [0.25, 0.3) is 0 Å². The molecule has 5 nitrogen and oxygen atoms in total. The van der Waals surface area contributed by atoms with Crippen LogP contribution in [0.5, 0.6) is 0 Å². The summed E-state index contributed by atoms with van der Waals surface area (Å²) in [4.78, 5) is 14.1. The molecule has 5 heteroatoms. The summed E-state index contributed by atoms with van der Waals surface area (Å²) < 4.78 is 0. The van der Waals surface area contributed by atoms with Crippen LogP contribution in [0, 0.1) is 0 Å². The molecule has 0 spiro atoms. The third-order valence-electron chi connectivity index (χ3n) is 2.09. The lowest BCUT2D eigenvalue weighted by molar-refractivity contribution is 0.107. The Hall–Kier alpha value is -0.810. The van der Waals surface area contributed by atoms with Crippen molar-refractivity contribution in [3.8, 4) is 0 Å². The van der Waals surface area contributed by atoms with E-state index < -0.39 is 6.09 Å². The predicted octanol–water partition coefficient (Wildman–Crippen LogP) is 1.68. The monoisotopic (exact) mass is 247 g/mol. The van der Waals surface area contributed by atoms with E-state index in [1.165, 1.54) is 11.3 Å². The molecule has 0 bridgehead atoms. The van der Waals surface area contributed by atoms with E-state index >= 15 is 0 Å². The van der Waals surface area contributed by atoms with E-state index in [1.807, 2.05) is 13.8 Å². The smallest absolute Gasteiger partial charge is 0.407 e. The molecule has 1 aliphatic heterocycles. The zero-order chi connectivity index (χ0) is 13.7. The van der Waals surface area contributed by atoms with Crippen molar-refractivity contribution in [2.24, 2.45) is 5.73 Å². The number of nitrogens with two attached hydrogens (primary N) is 1. The summed E-state index contributed by atoms with van der Waals surface area (Å²) in [5.74, 6) is 0. The van der Waals surface area contributed by atoms with E-state index in [0.717, 1.165) is 19.6 Å². The van der Waals surface area contributed by atoms with E-state index in [4.69, 9.17) is 10.8 Å². The SMILES string of the molecule is CC.CCC.NCCN1CCN(C(=O)O)CC1. The van der Waals surface area contributed by atoms with Crippen molar-refractivity contribution in [1.29, 1.82) is 0 Å². The van der Waals surface area contributed by atoms with Crippen LogP contribution in [0.15, 0.2) is 0 Å². The van der Waals surface area contributed by atoms with Crippen molar-refractivity contribution in [3.05, 3.63) is 0 Å². The van der Waals surface area contributed by atoms with Gasteiger partial charge in [-0.25, -0.2) is 4.79 Å². The number of amides is 1. The summed E-state index contributed by atoms with van der Waals surface area (Å²) in [5, 5.41) is 8.64. The van der Waals surface area contributed by atoms with Crippen LogP contribution < -0.4 is 5.73 Å². The summed E-state index contributed by atoms with van der Waals surface area (Å²) in [6.45, 7) is 12.6. The summed E-state index contributed by atoms with van der Waals surface area (Å²) in [6, 6.07) is 0. The van der Waals surface area contributed by atoms with Crippen LogP contribution in [0.3, 0.4) is 0 Å². The highest BCUT2D eigenvalue weighted by molar-refractivity contribution is 5.65. The molecule has 0 atom stereocenters. The summed E-state index contributed by atoms with van der Waals surface area (Å²) in [5.41, 5.74) is 5.38. The fraction of sp³-hybridized carbons (Fsp3) is 0.917. The fourth-order valence-electron chi connectivity index (χ4n) is 1.35. The van der Waals surface area contributed by atoms with Gasteiger partial charge in [0.25, 0.3) is 0 Å². The molecule has 104 valence electrons. The highest BCUT2D eigenvalue weighted by Crippen LogP contribution is 2.00. The quantitative estimate of drug-likeness (QED) is 0.779. The standard InChI is InChI=1S/C7H15N3O2.C3H8.C2H6/c8-1-2-9-3-5-10(6-4-9)7(11)12;1-3-2;1-2/h1-6,8H2,(H,11,12);3H2,1-2H3;1-2H3. The van der Waals surface area contributed by atoms with E-state index in [2.05, 4.69) is 18.7 Å². The molecule has 1 aliphatic rings. The Morgan fingerprint density at radius 2 is 1.59 bits per heavy atom. The second-order valence-corrected chi connectivity index (χ2v) is 3.61. The number of hydrogen-bond acceptors (Lipinski definition) is 3. The van der Waals surface area contributed by atoms with E-state index in [9.17, 15) is 4.79 Å². The molecule has 3 N–H and O–H groups in total. The first-order valence-corrected chi connectivity index (χ1v) is 6.55. The van der Waals surface area contributed by atoms with E-state index in [-0.39, 0.29) is 0 Å². The molecule has 1 fully saturated rings. The lowest BCUT2D eigenvalue weighted by atomic mass is 10.3. The van der Waals surface area contributed by atoms with Crippen molar-refractivity contribution in [3.63, 3.8) is 0 Å². The van der Waals surface area contributed by atoms with Gasteiger partial charge in [-0.1, -0.05) is 34.1 Å². The van der Waals surface area contributed by atoms with Gasteiger partial charge in [-0.05, 0) is 0 Å². The topological polar surface area (TPSA) is 69.8 Å². The maximum atomic E-state index is 10.5. The molecule has 1 saturated heterocycles. The summed E-state index contributed by atoms with van der Waals surface area (Å²) in [6.07, 6.45) is 0.433. The van der Waals surface area contributed by atoms with Gasteiger partial charge < -0.3 is 15.7 Å². The van der Waals surface area contributed by atoms with E-state index in [1.54, 1.807) is 0 Å². The maximum Gasteiger partial charge on any atom is 0.407 e. The van der Waals surface area contributed by atoms with Gasteiger partial charge in [0.15, 0.2) is 0 Å². The van der Waals surface area contributed by atoms with Gasteiger partial charge in [0.05, 0.1) is 0 Å². The number of rotatable bonds is 2. The largest absolute Gasteiger partial charge is 0.465 e. The minimum absolute atomic E-state index is 0.606. The van der Waals surface area contributed by atoms with Crippen molar-refractivity contribution in [2.75, 3.05) is 39.3 Å². The molecule has 0 aromatic carbocycles. The van der Waals surface area contributed by atoms with Gasteiger partial charge in [0.1, 0.15) is 0 Å². The number of carbonyl (C=O) groups is 1. The number of carboxylic acid groups (broad SMARTS) is 1. The fourth-order valence-corrected chi connectivity index (χ4v) is 1.35. The van der Waals surface area contributed by atoms with Crippen molar-refractivity contribution in [2.45, 2.75) is 34.1 Å². The Morgan fingerprint density at radius 1 is 1.18 bits per heavy atom. The van der Waals surface area contributed by atoms with Crippen molar-refractivity contribution in [1.82, 2.24) is 9.80 Å². The molecule has 0 aliphatic carbocycles. The van der Waals surface area contributed by atoms with Crippen LogP contribution >= 0.6 is 0 Å². The molecular formula is C12H29N3O2. The third-order valence-corrected chi connectivity index (χ3v) is 2.09. The van der Waals surface area contributed by atoms with Crippen LogP contribution in [-0.2, 0) is 0 Å². The molecular weight excluding hydrogens is 218 g/mol. The van der Waals surface area contributed by atoms with Crippen molar-refractivity contribution >= 4 is 6.09 Å². The minimum Gasteiger partial charge on any atom is -0.465 e. The van der Waals surface area contributed by atoms with Gasteiger partial charge in [0, 0.05) is 39.3 Å². The Kier molecular flexibility index (Phi) is 14.5. The van der Waals surface area contributed by atoms with Crippen molar-refractivity contribution < 1.29 is 9.90 Å². The highest BCUT2D eigenvalue weighted by Gasteiger charge is 2.19. The van der Waals surface area contributed by atoms with Crippen LogP contribution in [0.1, 0.15) is 34.1 Å². The second kappa shape index (κ2) is 13.3. The zero-order valence-electron chi connectivity index (χ0n) is 11.8.